The third kappa shape index (κ3) is 3.49. The Kier molecular flexibility index (Phi) is 4.56. The zero-order valence-corrected chi connectivity index (χ0v) is 13.9. The van der Waals surface area contributed by atoms with Crippen LogP contribution in [0.3, 0.4) is 0 Å². The Hall–Kier alpha value is -2.03. The SMILES string of the molecule is O=C(NN1C(=O)C(=Cc2cccc(F)c2)SC1=S)c1cccs1. The van der Waals surface area contributed by atoms with Crippen LogP contribution in [-0.4, -0.2) is 21.1 Å². The van der Waals surface area contributed by atoms with Gasteiger partial charge in [0.2, 0.25) is 0 Å². The van der Waals surface area contributed by atoms with Gasteiger partial charge in [0.1, 0.15) is 5.82 Å². The number of carbonyl (C=O) groups is 2. The topological polar surface area (TPSA) is 49.4 Å². The summed E-state index contributed by atoms with van der Waals surface area (Å²) in [7, 11) is 0. The molecular formula is C15H9FN2O2S3. The first-order chi connectivity index (χ1) is 11.0. The van der Waals surface area contributed by atoms with Gasteiger partial charge in [-0.05, 0) is 47.4 Å². The van der Waals surface area contributed by atoms with Crippen LogP contribution in [-0.2, 0) is 4.79 Å². The maximum absolute atomic E-state index is 13.2. The van der Waals surface area contributed by atoms with E-state index in [1.165, 1.54) is 23.5 Å². The first-order valence-electron chi connectivity index (χ1n) is 6.42. The largest absolute Gasteiger partial charge is 0.285 e. The van der Waals surface area contributed by atoms with Crippen LogP contribution >= 0.6 is 35.3 Å². The lowest BCUT2D eigenvalue weighted by Gasteiger charge is -2.14. The van der Waals surface area contributed by atoms with E-state index in [0.29, 0.717) is 15.3 Å². The third-order valence-corrected chi connectivity index (χ3v) is 5.07. The van der Waals surface area contributed by atoms with Gasteiger partial charge in [-0.3, -0.25) is 15.0 Å². The molecule has 0 bridgehead atoms. The Bertz CT molecular complexity index is 818. The van der Waals surface area contributed by atoms with Gasteiger partial charge in [0.25, 0.3) is 11.8 Å². The number of hydrogen-bond acceptors (Lipinski definition) is 5. The molecule has 116 valence electrons. The molecule has 1 fully saturated rings. The second-order valence-corrected chi connectivity index (χ2v) is 7.11. The van der Waals surface area contributed by atoms with Crippen molar-refractivity contribution in [1.29, 1.82) is 0 Å². The van der Waals surface area contributed by atoms with Gasteiger partial charge in [0.05, 0.1) is 9.78 Å². The highest BCUT2D eigenvalue weighted by Gasteiger charge is 2.33. The number of halogens is 1. The van der Waals surface area contributed by atoms with Gasteiger partial charge in [-0.25, -0.2) is 4.39 Å². The van der Waals surface area contributed by atoms with Gasteiger partial charge >= 0.3 is 0 Å². The van der Waals surface area contributed by atoms with Crippen LogP contribution in [0.15, 0.2) is 46.7 Å². The van der Waals surface area contributed by atoms with Crippen LogP contribution in [0, 0.1) is 5.82 Å². The van der Waals surface area contributed by atoms with Crippen molar-refractivity contribution in [3.05, 3.63) is 62.9 Å². The van der Waals surface area contributed by atoms with E-state index in [1.807, 2.05) is 0 Å². The van der Waals surface area contributed by atoms with Crippen molar-refractivity contribution in [2.75, 3.05) is 0 Å². The summed E-state index contributed by atoms with van der Waals surface area (Å²) in [4.78, 5) is 25.2. The molecule has 2 amide bonds. The van der Waals surface area contributed by atoms with Crippen LogP contribution in [0.2, 0.25) is 0 Å². The van der Waals surface area contributed by atoms with Crippen LogP contribution < -0.4 is 5.43 Å². The summed E-state index contributed by atoms with van der Waals surface area (Å²) in [6.07, 6.45) is 1.54. The van der Waals surface area contributed by atoms with E-state index in [-0.39, 0.29) is 10.1 Å². The standard InChI is InChI=1S/C15H9FN2O2S3/c16-10-4-1-3-9(7-10)8-12-14(20)18(15(21)23-12)17-13(19)11-5-2-6-22-11/h1-8H,(H,17,19). The molecule has 1 aromatic heterocycles. The normalized spacial score (nSPS) is 16.2. The molecule has 1 aromatic carbocycles. The van der Waals surface area contributed by atoms with Crippen LogP contribution in [0.5, 0.6) is 0 Å². The number of thiocarbonyl (C=S) groups is 1. The van der Waals surface area contributed by atoms with E-state index in [4.69, 9.17) is 12.2 Å². The lowest BCUT2D eigenvalue weighted by Crippen LogP contribution is -2.44. The van der Waals surface area contributed by atoms with Crippen molar-refractivity contribution in [2.45, 2.75) is 0 Å². The Morgan fingerprint density at radius 2 is 2.13 bits per heavy atom. The molecule has 0 spiro atoms. The summed E-state index contributed by atoms with van der Waals surface area (Å²) in [5.41, 5.74) is 3.04. The van der Waals surface area contributed by atoms with Crippen molar-refractivity contribution >= 4 is 57.5 Å². The van der Waals surface area contributed by atoms with Gasteiger partial charge in [-0.15, -0.1) is 11.3 Å². The van der Waals surface area contributed by atoms with E-state index in [0.717, 1.165) is 16.8 Å². The maximum atomic E-state index is 13.2. The summed E-state index contributed by atoms with van der Waals surface area (Å²) in [5, 5.41) is 2.80. The number of amides is 2. The molecule has 0 unspecified atom stereocenters. The Morgan fingerprint density at radius 3 is 2.83 bits per heavy atom. The van der Waals surface area contributed by atoms with Gasteiger partial charge in [-0.1, -0.05) is 30.0 Å². The first-order valence-corrected chi connectivity index (χ1v) is 8.53. The third-order valence-electron chi connectivity index (χ3n) is 2.90. The highest BCUT2D eigenvalue weighted by molar-refractivity contribution is 8.26. The minimum Gasteiger partial charge on any atom is -0.266 e. The number of nitrogens with zero attached hydrogens (tertiary/aromatic N) is 1. The summed E-state index contributed by atoms with van der Waals surface area (Å²) < 4.78 is 13.4. The quantitative estimate of drug-likeness (QED) is 0.670. The predicted molar refractivity (Wildman–Crippen MR) is 93.2 cm³/mol. The predicted octanol–water partition coefficient (Wildman–Crippen LogP) is 3.43. The molecule has 2 aromatic rings. The first kappa shape index (κ1) is 15.9. The lowest BCUT2D eigenvalue weighted by atomic mass is 10.2. The summed E-state index contributed by atoms with van der Waals surface area (Å²) in [6, 6.07) is 9.27. The summed E-state index contributed by atoms with van der Waals surface area (Å²) in [5.74, 6) is -1.22. The molecule has 0 saturated carbocycles. The minimum absolute atomic E-state index is 0.225. The summed E-state index contributed by atoms with van der Waals surface area (Å²) in [6.45, 7) is 0. The zero-order valence-electron chi connectivity index (χ0n) is 11.5. The van der Waals surface area contributed by atoms with Crippen LogP contribution in [0.4, 0.5) is 4.39 Å². The molecule has 1 saturated heterocycles. The Balaban J connectivity index is 1.79. The van der Waals surface area contributed by atoms with Crippen molar-refractivity contribution in [2.24, 2.45) is 0 Å². The van der Waals surface area contributed by atoms with Crippen molar-refractivity contribution in [1.82, 2.24) is 10.4 Å². The molecule has 4 nitrogen and oxygen atoms in total. The summed E-state index contributed by atoms with van der Waals surface area (Å²) >= 11 is 7.45. The highest BCUT2D eigenvalue weighted by atomic mass is 32.2. The van der Waals surface area contributed by atoms with Crippen molar-refractivity contribution < 1.29 is 14.0 Å². The number of hydrazine groups is 1. The number of thioether (sulfide) groups is 1. The molecule has 0 atom stereocenters. The Morgan fingerprint density at radius 1 is 1.30 bits per heavy atom. The Labute approximate surface area is 145 Å². The molecule has 0 aliphatic carbocycles. The second kappa shape index (κ2) is 6.61. The smallest absolute Gasteiger partial charge is 0.266 e. The fourth-order valence-electron chi connectivity index (χ4n) is 1.88. The molecule has 0 radical (unpaired) electrons. The van der Waals surface area contributed by atoms with Crippen molar-refractivity contribution in [3.8, 4) is 0 Å². The molecule has 1 N–H and O–H groups in total. The zero-order chi connectivity index (χ0) is 16.4. The molecular weight excluding hydrogens is 355 g/mol. The number of hydrogen-bond donors (Lipinski definition) is 1. The maximum Gasteiger partial charge on any atom is 0.285 e. The molecule has 1 aliphatic rings. The fraction of sp³-hybridized carbons (Fsp3) is 0. The molecule has 23 heavy (non-hydrogen) atoms. The number of benzene rings is 1. The molecule has 3 rings (SSSR count). The minimum atomic E-state index is -0.436. The van der Waals surface area contributed by atoms with Crippen LogP contribution in [0.1, 0.15) is 15.2 Å². The molecule has 2 heterocycles. The lowest BCUT2D eigenvalue weighted by molar-refractivity contribution is -0.123. The highest BCUT2D eigenvalue weighted by Crippen LogP contribution is 2.31. The van der Waals surface area contributed by atoms with Gasteiger partial charge in [0.15, 0.2) is 4.32 Å². The number of thiophene rings is 1. The monoisotopic (exact) mass is 364 g/mol. The molecule has 8 heteroatoms. The van der Waals surface area contributed by atoms with Crippen molar-refractivity contribution in [3.63, 3.8) is 0 Å². The second-order valence-electron chi connectivity index (χ2n) is 4.49. The van der Waals surface area contributed by atoms with E-state index in [1.54, 1.807) is 35.7 Å². The van der Waals surface area contributed by atoms with Crippen LogP contribution in [0.25, 0.3) is 6.08 Å². The van der Waals surface area contributed by atoms with Gasteiger partial charge in [0, 0.05) is 0 Å². The number of nitrogens with one attached hydrogen (secondary N) is 1. The van der Waals surface area contributed by atoms with Gasteiger partial charge in [-0.2, -0.15) is 5.01 Å². The number of carbonyl (C=O) groups excluding carboxylic acids is 2. The van der Waals surface area contributed by atoms with E-state index in [2.05, 4.69) is 5.43 Å². The van der Waals surface area contributed by atoms with E-state index in [9.17, 15) is 14.0 Å². The number of rotatable bonds is 3. The average molecular weight is 364 g/mol. The van der Waals surface area contributed by atoms with E-state index >= 15 is 0 Å². The van der Waals surface area contributed by atoms with Gasteiger partial charge < -0.3 is 0 Å². The van der Waals surface area contributed by atoms with E-state index < -0.39 is 11.8 Å². The fourth-order valence-corrected chi connectivity index (χ4v) is 3.67. The average Bonchev–Trinajstić information content (AvgIpc) is 3.12. The molecule has 1 aliphatic heterocycles.